The Morgan fingerprint density at radius 3 is 2.59 bits per heavy atom. The fourth-order valence-corrected chi connectivity index (χ4v) is 5.90. The minimum absolute atomic E-state index is 0.00855. The molecule has 0 aliphatic carbocycles. The van der Waals surface area contributed by atoms with Crippen molar-refractivity contribution >= 4 is 43.5 Å². The third-order valence-electron chi connectivity index (χ3n) is 6.21. The molecule has 0 bridgehead atoms. The standard InChI is InChI=1S/C20H15Br2F3N2O2/c1-26-14-4-2-11(22)9-13(14)19-6-7-27(17(28)20(23,24)25)16(19)12-8-10(21)3-5-15(12)29-18(19)26/h2-5,8-9,16,18H,6-7H2,1H3/t16-,18-,19+/m0/s1. The molecule has 152 valence electrons. The molecule has 3 aliphatic heterocycles. The van der Waals surface area contributed by atoms with Crippen LogP contribution in [0.4, 0.5) is 18.9 Å². The van der Waals surface area contributed by atoms with Gasteiger partial charge in [0.2, 0.25) is 0 Å². The number of halogens is 5. The molecule has 0 aromatic heterocycles. The van der Waals surface area contributed by atoms with Crippen molar-refractivity contribution in [3.63, 3.8) is 0 Å². The monoisotopic (exact) mass is 530 g/mol. The van der Waals surface area contributed by atoms with E-state index >= 15 is 0 Å². The van der Waals surface area contributed by atoms with Gasteiger partial charge in [0.15, 0.2) is 6.23 Å². The summed E-state index contributed by atoms with van der Waals surface area (Å²) in [4.78, 5) is 15.3. The molecule has 0 unspecified atom stereocenters. The van der Waals surface area contributed by atoms with Crippen molar-refractivity contribution in [1.82, 2.24) is 4.90 Å². The highest BCUT2D eigenvalue weighted by molar-refractivity contribution is 9.10. The molecule has 2 aromatic rings. The van der Waals surface area contributed by atoms with Gasteiger partial charge in [0.05, 0.1) is 11.5 Å². The number of carbonyl (C=O) groups is 1. The summed E-state index contributed by atoms with van der Waals surface area (Å²) in [7, 11) is 1.88. The van der Waals surface area contributed by atoms with E-state index in [2.05, 4.69) is 31.9 Å². The molecule has 0 radical (unpaired) electrons. The van der Waals surface area contributed by atoms with Crippen LogP contribution >= 0.6 is 31.9 Å². The average Bonchev–Trinajstić information content (AvgIpc) is 3.16. The van der Waals surface area contributed by atoms with Gasteiger partial charge in [-0.05, 0) is 48.4 Å². The second-order valence-corrected chi connectivity index (χ2v) is 9.45. The summed E-state index contributed by atoms with van der Waals surface area (Å²) in [5, 5.41) is 0. The normalized spacial score (nSPS) is 27.1. The summed E-state index contributed by atoms with van der Waals surface area (Å²) in [6.07, 6.45) is -5.06. The third-order valence-corrected chi connectivity index (χ3v) is 7.19. The molecule has 4 nitrogen and oxygen atoms in total. The Morgan fingerprint density at radius 2 is 1.86 bits per heavy atom. The first-order chi connectivity index (χ1) is 13.6. The first kappa shape index (κ1) is 19.2. The van der Waals surface area contributed by atoms with Crippen LogP contribution in [0.2, 0.25) is 0 Å². The van der Waals surface area contributed by atoms with Crippen molar-refractivity contribution in [2.45, 2.75) is 30.3 Å². The molecule has 1 amide bonds. The van der Waals surface area contributed by atoms with Crippen LogP contribution in [0.1, 0.15) is 23.6 Å². The lowest BCUT2D eigenvalue weighted by Gasteiger charge is -2.45. The summed E-state index contributed by atoms with van der Waals surface area (Å²) in [5.41, 5.74) is 1.60. The predicted molar refractivity (Wildman–Crippen MR) is 108 cm³/mol. The molecular formula is C20H15Br2F3N2O2. The van der Waals surface area contributed by atoms with E-state index in [1.165, 1.54) is 0 Å². The summed E-state index contributed by atoms with van der Waals surface area (Å²) >= 11 is 6.90. The number of rotatable bonds is 0. The van der Waals surface area contributed by atoms with E-state index in [-0.39, 0.29) is 6.54 Å². The predicted octanol–water partition coefficient (Wildman–Crippen LogP) is 5.15. The summed E-state index contributed by atoms with van der Waals surface area (Å²) in [6, 6.07) is 10.3. The van der Waals surface area contributed by atoms with E-state index in [1.54, 1.807) is 18.2 Å². The SMILES string of the molecule is CN1c2ccc(Br)cc2[C@]23CCN(C(=O)C(F)(F)F)[C@H]2c2cc(Br)ccc2O[C@H]13. The van der Waals surface area contributed by atoms with Crippen molar-refractivity contribution in [1.29, 1.82) is 0 Å². The molecule has 0 saturated carbocycles. The topological polar surface area (TPSA) is 32.8 Å². The van der Waals surface area contributed by atoms with E-state index in [0.29, 0.717) is 17.7 Å². The first-order valence-electron chi connectivity index (χ1n) is 9.01. The van der Waals surface area contributed by atoms with Gasteiger partial charge in [-0.3, -0.25) is 4.79 Å². The maximum atomic E-state index is 13.4. The van der Waals surface area contributed by atoms with Crippen LogP contribution in [0.5, 0.6) is 5.75 Å². The quantitative estimate of drug-likeness (QED) is 0.471. The average molecular weight is 532 g/mol. The number of fused-ring (bicyclic) bond motifs is 3. The number of amides is 1. The molecule has 29 heavy (non-hydrogen) atoms. The molecule has 9 heteroatoms. The number of hydrogen-bond donors (Lipinski definition) is 0. The van der Waals surface area contributed by atoms with E-state index in [9.17, 15) is 18.0 Å². The van der Waals surface area contributed by atoms with Gasteiger partial charge in [-0.1, -0.05) is 31.9 Å². The third kappa shape index (κ3) is 2.52. The van der Waals surface area contributed by atoms with Crippen LogP contribution in [0.15, 0.2) is 45.3 Å². The molecule has 5 rings (SSSR count). The van der Waals surface area contributed by atoms with Gasteiger partial charge in [0.25, 0.3) is 0 Å². The van der Waals surface area contributed by atoms with Gasteiger partial charge in [-0.25, -0.2) is 0 Å². The van der Waals surface area contributed by atoms with E-state index < -0.39 is 29.8 Å². The van der Waals surface area contributed by atoms with Gasteiger partial charge in [0.1, 0.15) is 5.75 Å². The van der Waals surface area contributed by atoms with Gasteiger partial charge >= 0.3 is 12.1 Å². The van der Waals surface area contributed by atoms with Crippen molar-refractivity contribution in [2.75, 3.05) is 18.5 Å². The highest BCUT2D eigenvalue weighted by atomic mass is 79.9. The molecule has 1 spiro atoms. The molecule has 1 saturated heterocycles. The Morgan fingerprint density at radius 1 is 1.17 bits per heavy atom. The molecule has 1 fully saturated rings. The number of alkyl halides is 3. The molecule has 3 heterocycles. The Kier molecular flexibility index (Phi) is 4.07. The van der Waals surface area contributed by atoms with Crippen LogP contribution in [-0.2, 0) is 10.2 Å². The lowest BCUT2D eigenvalue weighted by Crippen LogP contribution is -2.54. The largest absolute Gasteiger partial charge is 0.471 e. The molecule has 2 aromatic carbocycles. The van der Waals surface area contributed by atoms with Gasteiger partial charge in [0, 0.05) is 33.8 Å². The minimum atomic E-state index is -4.93. The summed E-state index contributed by atoms with van der Waals surface area (Å²) in [6.45, 7) is 0.00855. The summed E-state index contributed by atoms with van der Waals surface area (Å²) < 4.78 is 48.2. The number of likely N-dealkylation sites (tertiary alicyclic amines) is 1. The molecular weight excluding hydrogens is 517 g/mol. The number of nitrogens with zero attached hydrogens (tertiary/aromatic N) is 2. The van der Waals surface area contributed by atoms with Crippen LogP contribution in [0.25, 0.3) is 0 Å². The minimum Gasteiger partial charge on any atom is -0.469 e. The zero-order chi connectivity index (χ0) is 20.7. The number of benzene rings is 2. The lowest BCUT2D eigenvalue weighted by molar-refractivity contribution is -0.187. The van der Waals surface area contributed by atoms with Gasteiger partial charge in [-0.15, -0.1) is 0 Å². The van der Waals surface area contributed by atoms with Crippen molar-refractivity contribution in [3.8, 4) is 5.75 Å². The zero-order valence-electron chi connectivity index (χ0n) is 15.1. The second-order valence-electron chi connectivity index (χ2n) is 7.61. The first-order valence-corrected chi connectivity index (χ1v) is 10.6. The molecule has 0 N–H and O–H groups in total. The number of likely N-dealkylation sites (N-methyl/N-ethyl adjacent to an activating group) is 1. The van der Waals surface area contributed by atoms with Crippen molar-refractivity contribution in [3.05, 3.63) is 56.5 Å². The second kappa shape index (κ2) is 6.14. The maximum Gasteiger partial charge on any atom is 0.471 e. The van der Waals surface area contributed by atoms with E-state index in [4.69, 9.17) is 4.74 Å². The molecule has 3 atom stereocenters. The number of anilines is 1. The molecule has 3 aliphatic rings. The van der Waals surface area contributed by atoms with Gasteiger partial charge < -0.3 is 14.5 Å². The van der Waals surface area contributed by atoms with Crippen molar-refractivity contribution < 1.29 is 22.7 Å². The Labute approximate surface area is 181 Å². The Bertz CT molecular complexity index is 1040. The van der Waals surface area contributed by atoms with Crippen LogP contribution < -0.4 is 9.64 Å². The van der Waals surface area contributed by atoms with Crippen LogP contribution in [-0.4, -0.2) is 36.8 Å². The van der Waals surface area contributed by atoms with E-state index in [0.717, 1.165) is 25.1 Å². The van der Waals surface area contributed by atoms with Crippen LogP contribution in [0.3, 0.4) is 0 Å². The van der Waals surface area contributed by atoms with Crippen LogP contribution in [0, 0.1) is 0 Å². The fraction of sp³-hybridized carbons (Fsp3) is 0.350. The number of ether oxygens (including phenoxy) is 1. The summed E-state index contributed by atoms with van der Waals surface area (Å²) in [5.74, 6) is -1.31. The lowest BCUT2D eigenvalue weighted by atomic mass is 9.70. The zero-order valence-corrected chi connectivity index (χ0v) is 18.3. The smallest absolute Gasteiger partial charge is 0.469 e. The maximum absolute atomic E-state index is 13.4. The Hall–Kier alpha value is -1.74. The van der Waals surface area contributed by atoms with Crippen molar-refractivity contribution in [2.24, 2.45) is 0 Å². The highest BCUT2D eigenvalue weighted by Crippen LogP contribution is 2.63. The fourth-order valence-electron chi connectivity index (χ4n) is 5.16. The highest BCUT2D eigenvalue weighted by Gasteiger charge is 2.66. The van der Waals surface area contributed by atoms with Gasteiger partial charge in [-0.2, -0.15) is 13.2 Å². The number of hydrogen-bond acceptors (Lipinski definition) is 3. The number of carbonyl (C=O) groups excluding carboxylic acids is 1. The Balaban J connectivity index is 1.78. The van der Waals surface area contributed by atoms with E-state index in [1.807, 2.05) is 30.1 Å².